The second kappa shape index (κ2) is 7.09. The summed E-state index contributed by atoms with van der Waals surface area (Å²) in [6.07, 6.45) is -4.33. The monoisotopic (exact) mass is 303 g/mol. The molecule has 1 N–H and O–H groups in total. The van der Waals surface area contributed by atoms with Crippen LogP contribution in [0.25, 0.3) is 0 Å². The van der Waals surface area contributed by atoms with Gasteiger partial charge in [-0.25, -0.2) is 4.39 Å². The minimum Gasteiger partial charge on any atom is -0.395 e. The first kappa shape index (κ1) is 17.0. The molecule has 0 spiro atoms. The fourth-order valence-corrected chi connectivity index (χ4v) is 1.53. The number of hydrogen-bond acceptors (Lipinski definition) is 2. The molecule has 0 unspecified atom stereocenters. The number of nitrogens with zero attached hydrogens (tertiary/aromatic N) is 1. The number of carbonyl (C=O) groups excluding carboxylic acids is 1. The molecule has 114 valence electrons. The summed E-state index contributed by atoms with van der Waals surface area (Å²) in [6, 6.07) is 3.40. The molecule has 0 aromatic heterocycles. The Bertz CT molecular complexity index is 573. The third-order valence-corrected chi connectivity index (χ3v) is 2.43. The predicted molar refractivity (Wildman–Crippen MR) is 68.0 cm³/mol. The average molecular weight is 303 g/mol. The number of carbonyl (C=O) groups is 1. The van der Waals surface area contributed by atoms with Gasteiger partial charge in [0.15, 0.2) is 0 Å². The van der Waals surface area contributed by atoms with Crippen molar-refractivity contribution in [3.63, 3.8) is 0 Å². The molecule has 21 heavy (non-hydrogen) atoms. The highest BCUT2D eigenvalue weighted by molar-refractivity contribution is 5.94. The highest BCUT2D eigenvalue weighted by Crippen LogP contribution is 2.18. The van der Waals surface area contributed by atoms with Crippen molar-refractivity contribution in [2.75, 3.05) is 20.2 Å². The lowest BCUT2D eigenvalue weighted by molar-refractivity contribution is -0.138. The van der Waals surface area contributed by atoms with E-state index < -0.39 is 30.0 Å². The summed E-state index contributed by atoms with van der Waals surface area (Å²) in [5, 5.41) is 8.55. The number of halogens is 4. The highest BCUT2D eigenvalue weighted by atomic mass is 19.4. The molecule has 0 saturated heterocycles. The normalized spacial score (nSPS) is 10.8. The Morgan fingerprint density at radius 3 is 2.57 bits per heavy atom. The topological polar surface area (TPSA) is 40.5 Å². The quantitative estimate of drug-likeness (QED) is 0.687. The number of rotatable bonds is 3. The minimum atomic E-state index is -4.55. The van der Waals surface area contributed by atoms with Crippen molar-refractivity contribution < 1.29 is 27.5 Å². The van der Waals surface area contributed by atoms with E-state index in [0.717, 1.165) is 19.2 Å². The molecule has 0 heterocycles. The highest BCUT2D eigenvalue weighted by Gasteiger charge is 2.32. The van der Waals surface area contributed by atoms with Crippen LogP contribution in [0.4, 0.5) is 17.6 Å². The van der Waals surface area contributed by atoms with Crippen LogP contribution < -0.4 is 0 Å². The van der Waals surface area contributed by atoms with Gasteiger partial charge in [-0.3, -0.25) is 4.79 Å². The fraction of sp³-hybridized carbons (Fsp3) is 0.357. The number of alkyl halides is 3. The van der Waals surface area contributed by atoms with Crippen molar-refractivity contribution in [3.05, 3.63) is 35.1 Å². The SMILES string of the molecule is CN(CC(F)(F)F)C(=O)c1ccc(C#CCCO)cc1F. The summed E-state index contributed by atoms with van der Waals surface area (Å²) in [6.45, 7) is -1.59. The molecule has 7 heteroatoms. The van der Waals surface area contributed by atoms with Crippen molar-refractivity contribution >= 4 is 5.91 Å². The first-order valence-corrected chi connectivity index (χ1v) is 5.96. The van der Waals surface area contributed by atoms with E-state index >= 15 is 0 Å². The number of hydrogen-bond donors (Lipinski definition) is 1. The summed E-state index contributed by atoms with van der Waals surface area (Å²) in [4.78, 5) is 12.1. The molecule has 0 bridgehead atoms. The molecule has 0 aliphatic rings. The van der Waals surface area contributed by atoms with Crippen molar-refractivity contribution in [3.8, 4) is 11.8 Å². The molecule has 3 nitrogen and oxygen atoms in total. The van der Waals surface area contributed by atoms with Crippen LogP contribution in [0.1, 0.15) is 22.3 Å². The molecule has 0 fully saturated rings. The molecular formula is C14H13F4NO2. The Balaban J connectivity index is 2.90. The first-order chi connectivity index (χ1) is 9.74. The number of aliphatic hydroxyl groups excluding tert-OH is 1. The van der Waals surface area contributed by atoms with Crippen LogP contribution in [0, 0.1) is 17.7 Å². The Hall–Kier alpha value is -2.07. The summed E-state index contributed by atoms with van der Waals surface area (Å²) in [7, 11) is 0.949. The largest absolute Gasteiger partial charge is 0.406 e. The zero-order chi connectivity index (χ0) is 16.0. The van der Waals surface area contributed by atoms with E-state index in [1.54, 1.807) is 0 Å². The second-order valence-corrected chi connectivity index (χ2v) is 4.25. The predicted octanol–water partition coefficient (Wildman–Crippen LogP) is 2.19. The van der Waals surface area contributed by atoms with E-state index in [1.165, 1.54) is 6.07 Å². The maximum Gasteiger partial charge on any atom is 0.406 e. The van der Waals surface area contributed by atoms with Gasteiger partial charge in [0, 0.05) is 19.0 Å². The molecule has 0 aliphatic carbocycles. The molecule has 0 radical (unpaired) electrons. The van der Waals surface area contributed by atoms with E-state index in [4.69, 9.17) is 5.11 Å². The maximum atomic E-state index is 13.8. The number of aliphatic hydroxyl groups is 1. The van der Waals surface area contributed by atoms with Gasteiger partial charge >= 0.3 is 6.18 Å². The fourth-order valence-electron chi connectivity index (χ4n) is 1.53. The third kappa shape index (κ3) is 5.44. The van der Waals surface area contributed by atoms with Crippen molar-refractivity contribution in [1.82, 2.24) is 4.90 Å². The van der Waals surface area contributed by atoms with E-state index in [1.807, 2.05) is 0 Å². The summed E-state index contributed by atoms with van der Waals surface area (Å²) in [5.41, 5.74) is -0.176. The molecule has 1 aromatic rings. The molecular weight excluding hydrogens is 290 g/mol. The first-order valence-electron chi connectivity index (χ1n) is 5.96. The van der Waals surface area contributed by atoms with E-state index in [2.05, 4.69) is 11.8 Å². The van der Waals surface area contributed by atoms with Gasteiger partial charge in [0.1, 0.15) is 12.4 Å². The van der Waals surface area contributed by atoms with Gasteiger partial charge in [-0.05, 0) is 18.2 Å². The summed E-state index contributed by atoms with van der Waals surface area (Å²) >= 11 is 0. The van der Waals surface area contributed by atoms with Crippen LogP contribution in [-0.2, 0) is 0 Å². The minimum absolute atomic E-state index is 0.131. The van der Waals surface area contributed by atoms with E-state index in [9.17, 15) is 22.4 Å². The van der Waals surface area contributed by atoms with Crippen LogP contribution in [-0.4, -0.2) is 42.3 Å². The van der Waals surface area contributed by atoms with Crippen molar-refractivity contribution in [1.29, 1.82) is 0 Å². The van der Waals surface area contributed by atoms with Gasteiger partial charge in [0.2, 0.25) is 0 Å². The second-order valence-electron chi connectivity index (χ2n) is 4.25. The van der Waals surface area contributed by atoms with Crippen LogP contribution >= 0.6 is 0 Å². The summed E-state index contributed by atoms with van der Waals surface area (Å²) in [5.74, 6) is 3.14. The number of amides is 1. The molecule has 0 atom stereocenters. The zero-order valence-corrected chi connectivity index (χ0v) is 11.2. The van der Waals surface area contributed by atoms with Gasteiger partial charge in [0.05, 0.1) is 12.2 Å². The Morgan fingerprint density at radius 2 is 2.05 bits per heavy atom. The van der Waals surface area contributed by atoms with E-state index in [0.29, 0.717) is 4.90 Å². The Labute approximate surface area is 119 Å². The van der Waals surface area contributed by atoms with Gasteiger partial charge < -0.3 is 10.0 Å². The van der Waals surface area contributed by atoms with Gasteiger partial charge in [-0.15, -0.1) is 0 Å². The Kier molecular flexibility index (Phi) is 5.73. The van der Waals surface area contributed by atoms with Crippen LogP contribution in [0.5, 0.6) is 0 Å². The lowest BCUT2D eigenvalue weighted by atomic mass is 10.1. The summed E-state index contributed by atoms with van der Waals surface area (Å²) < 4.78 is 50.3. The molecule has 0 aliphatic heterocycles. The van der Waals surface area contributed by atoms with Crippen LogP contribution in [0.15, 0.2) is 18.2 Å². The smallest absolute Gasteiger partial charge is 0.395 e. The lowest BCUT2D eigenvalue weighted by Crippen LogP contribution is -2.36. The Morgan fingerprint density at radius 1 is 1.38 bits per heavy atom. The van der Waals surface area contributed by atoms with Gasteiger partial charge in [0.25, 0.3) is 5.91 Å². The standard InChI is InChI=1S/C14H13F4NO2/c1-19(9-14(16,17)18)13(21)11-6-5-10(8-12(11)15)4-2-3-7-20/h5-6,8,20H,3,7,9H2,1H3. The van der Waals surface area contributed by atoms with Crippen molar-refractivity contribution in [2.24, 2.45) is 0 Å². The molecule has 1 aromatic carbocycles. The molecule has 0 saturated carbocycles. The molecule has 1 rings (SSSR count). The number of benzene rings is 1. The lowest BCUT2D eigenvalue weighted by Gasteiger charge is -2.19. The molecule has 1 amide bonds. The van der Waals surface area contributed by atoms with Crippen LogP contribution in [0.3, 0.4) is 0 Å². The zero-order valence-electron chi connectivity index (χ0n) is 11.2. The van der Waals surface area contributed by atoms with Gasteiger partial charge in [-0.2, -0.15) is 13.2 Å². The van der Waals surface area contributed by atoms with Gasteiger partial charge in [-0.1, -0.05) is 11.8 Å². The van der Waals surface area contributed by atoms with Crippen LogP contribution in [0.2, 0.25) is 0 Å². The van der Waals surface area contributed by atoms with E-state index in [-0.39, 0.29) is 18.6 Å². The third-order valence-electron chi connectivity index (χ3n) is 2.43. The van der Waals surface area contributed by atoms with Crippen molar-refractivity contribution in [2.45, 2.75) is 12.6 Å². The average Bonchev–Trinajstić information content (AvgIpc) is 2.36. The maximum absolute atomic E-state index is 13.8.